The summed E-state index contributed by atoms with van der Waals surface area (Å²) < 4.78 is 36.9. The second-order valence-electron chi connectivity index (χ2n) is 9.23. The van der Waals surface area contributed by atoms with Gasteiger partial charge in [-0.1, -0.05) is 18.2 Å². The zero-order valence-corrected chi connectivity index (χ0v) is 19.1. The van der Waals surface area contributed by atoms with Crippen LogP contribution >= 0.6 is 0 Å². The largest absolute Gasteiger partial charge is 0.478 e. The number of nitrogens with zero attached hydrogens (tertiary/aromatic N) is 1. The van der Waals surface area contributed by atoms with Crippen LogP contribution in [0, 0.1) is 11.6 Å². The topological polar surface area (TPSA) is 65.6 Å². The smallest absolute Gasteiger partial charge is 0.328 e. The normalized spacial score (nSPS) is 23.8. The quantitative estimate of drug-likeness (QED) is 0.502. The molecule has 5 nitrogen and oxygen atoms in total. The molecule has 1 fully saturated rings. The van der Waals surface area contributed by atoms with Crippen LogP contribution in [0.4, 0.5) is 8.78 Å². The molecule has 1 aromatic heterocycles. The van der Waals surface area contributed by atoms with Gasteiger partial charge >= 0.3 is 5.97 Å². The summed E-state index contributed by atoms with van der Waals surface area (Å²) in [6, 6.07) is 10.00. The van der Waals surface area contributed by atoms with Gasteiger partial charge in [0.15, 0.2) is 0 Å². The predicted octanol–water partition coefficient (Wildman–Crippen LogP) is 5.45. The fraction of sp³-hybridized carbons (Fsp3) is 0.370. The highest BCUT2D eigenvalue weighted by Crippen LogP contribution is 2.44. The summed E-state index contributed by atoms with van der Waals surface area (Å²) in [6.45, 7) is 3.46. The zero-order chi connectivity index (χ0) is 23.8. The van der Waals surface area contributed by atoms with Gasteiger partial charge < -0.3 is 14.8 Å². The van der Waals surface area contributed by atoms with Gasteiger partial charge in [0, 0.05) is 53.5 Å². The number of nitrogens with one attached hydrogen (secondary N) is 1. The Balaban J connectivity index is 1.68. The molecule has 0 bridgehead atoms. The lowest BCUT2D eigenvalue weighted by Gasteiger charge is -2.45. The summed E-state index contributed by atoms with van der Waals surface area (Å²) in [5, 5.41) is 9.97. The maximum absolute atomic E-state index is 15.6. The molecule has 3 heterocycles. The number of aromatic amines is 1. The Hall–Kier alpha value is -3.03. The molecular formula is C27H28F2N2O3. The fourth-order valence-electron chi connectivity index (χ4n) is 5.66. The summed E-state index contributed by atoms with van der Waals surface area (Å²) in [6.07, 6.45) is 5.48. The second kappa shape index (κ2) is 9.31. The number of ether oxygens (including phenoxy) is 1. The standard InChI is InChI=1S/C27H28F2N2O3/c1-16-13-20-19-6-2-3-7-23(19)30-26(20)27(31(16)18-5-4-11-34-12-10-18)25-21(28)14-17(15-22(25)29)8-9-24(32)33/h2-3,6-9,14-16,18,27,30H,4-5,10-13H2,1H3,(H,32,33)/b9-8+/t16-,18?,27-/m1/s1. The maximum Gasteiger partial charge on any atom is 0.328 e. The number of para-hydroxylation sites is 1. The van der Waals surface area contributed by atoms with Crippen molar-refractivity contribution in [2.75, 3.05) is 13.2 Å². The summed E-state index contributed by atoms with van der Waals surface area (Å²) in [4.78, 5) is 16.6. The van der Waals surface area contributed by atoms with Crippen molar-refractivity contribution in [1.29, 1.82) is 0 Å². The highest BCUT2D eigenvalue weighted by atomic mass is 19.1. The minimum atomic E-state index is -1.17. The molecule has 3 atom stereocenters. The van der Waals surface area contributed by atoms with Gasteiger partial charge in [-0.15, -0.1) is 0 Å². The summed E-state index contributed by atoms with van der Waals surface area (Å²) in [5.74, 6) is -2.53. The number of aliphatic carboxylic acids is 1. The summed E-state index contributed by atoms with van der Waals surface area (Å²) in [5.41, 5.74) is 3.06. The third-order valence-electron chi connectivity index (χ3n) is 7.06. The van der Waals surface area contributed by atoms with E-state index in [0.717, 1.165) is 53.9 Å². The highest BCUT2D eigenvalue weighted by molar-refractivity contribution is 5.86. The van der Waals surface area contributed by atoms with Gasteiger partial charge in [-0.05, 0) is 68.0 Å². The lowest BCUT2D eigenvalue weighted by molar-refractivity contribution is -0.131. The van der Waals surface area contributed by atoms with E-state index < -0.39 is 23.6 Å². The van der Waals surface area contributed by atoms with Gasteiger partial charge in [-0.3, -0.25) is 4.90 Å². The molecule has 1 saturated heterocycles. The first kappa shape index (κ1) is 22.7. The molecule has 1 unspecified atom stereocenters. The number of rotatable bonds is 4. The molecule has 3 aromatic rings. The van der Waals surface area contributed by atoms with Crippen molar-refractivity contribution in [3.8, 4) is 0 Å². The first-order valence-corrected chi connectivity index (χ1v) is 11.8. The van der Waals surface area contributed by atoms with Gasteiger partial charge in [-0.25, -0.2) is 13.6 Å². The Morgan fingerprint density at radius 2 is 1.94 bits per heavy atom. The van der Waals surface area contributed by atoms with Crippen LogP contribution in [0.1, 0.15) is 54.6 Å². The maximum atomic E-state index is 15.6. The van der Waals surface area contributed by atoms with E-state index in [1.165, 1.54) is 18.2 Å². The van der Waals surface area contributed by atoms with E-state index in [2.05, 4.69) is 22.9 Å². The Kier molecular flexibility index (Phi) is 6.23. The van der Waals surface area contributed by atoms with Crippen LogP contribution in [-0.4, -0.2) is 46.3 Å². The Labute approximate surface area is 197 Å². The van der Waals surface area contributed by atoms with Gasteiger partial charge in [0.25, 0.3) is 0 Å². The van der Waals surface area contributed by atoms with E-state index >= 15 is 8.78 Å². The van der Waals surface area contributed by atoms with Crippen molar-refractivity contribution < 1.29 is 23.4 Å². The monoisotopic (exact) mass is 466 g/mol. The third-order valence-corrected chi connectivity index (χ3v) is 7.06. The molecule has 2 aliphatic rings. The predicted molar refractivity (Wildman–Crippen MR) is 127 cm³/mol. The molecule has 0 radical (unpaired) electrons. The summed E-state index contributed by atoms with van der Waals surface area (Å²) in [7, 11) is 0. The van der Waals surface area contributed by atoms with Gasteiger partial charge in [0.2, 0.25) is 0 Å². The second-order valence-corrected chi connectivity index (χ2v) is 9.23. The molecule has 0 aliphatic carbocycles. The van der Waals surface area contributed by atoms with Gasteiger partial charge in [-0.2, -0.15) is 0 Å². The van der Waals surface area contributed by atoms with Crippen LogP contribution in [-0.2, 0) is 16.0 Å². The van der Waals surface area contributed by atoms with Crippen molar-refractivity contribution >= 4 is 22.9 Å². The van der Waals surface area contributed by atoms with E-state index in [4.69, 9.17) is 9.84 Å². The van der Waals surface area contributed by atoms with Crippen LogP contribution in [0.25, 0.3) is 17.0 Å². The molecule has 178 valence electrons. The Morgan fingerprint density at radius 3 is 2.71 bits per heavy atom. The number of hydrogen-bond donors (Lipinski definition) is 2. The van der Waals surface area contributed by atoms with E-state index in [9.17, 15) is 4.79 Å². The number of H-pyrrole nitrogens is 1. The zero-order valence-electron chi connectivity index (χ0n) is 19.1. The molecule has 0 saturated carbocycles. The Morgan fingerprint density at radius 1 is 1.18 bits per heavy atom. The fourth-order valence-corrected chi connectivity index (χ4v) is 5.66. The molecule has 5 rings (SSSR count). The van der Waals surface area contributed by atoms with Crippen LogP contribution in [0.2, 0.25) is 0 Å². The number of aromatic nitrogens is 1. The number of carboxylic acid groups (broad SMARTS) is 1. The van der Waals surface area contributed by atoms with Crippen LogP contribution in [0.3, 0.4) is 0 Å². The number of hydrogen-bond acceptors (Lipinski definition) is 3. The minimum absolute atomic E-state index is 0.00278. The van der Waals surface area contributed by atoms with Crippen LogP contribution in [0.15, 0.2) is 42.5 Å². The van der Waals surface area contributed by atoms with E-state index in [1.807, 2.05) is 18.2 Å². The SMILES string of the molecule is C[C@@H]1Cc2c([nH]c3ccccc23)[C@@H](c2c(F)cc(/C=C/C(=O)O)cc2F)N1C1CCCOCC1. The van der Waals surface area contributed by atoms with Crippen molar-refractivity contribution in [3.63, 3.8) is 0 Å². The molecule has 0 amide bonds. The van der Waals surface area contributed by atoms with E-state index in [1.54, 1.807) is 0 Å². The third kappa shape index (κ3) is 4.14. The van der Waals surface area contributed by atoms with Crippen molar-refractivity contribution in [1.82, 2.24) is 9.88 Å². The average Bonchev–Trinajstić information content (AvgIpc) is 2.96. The molecule has 0 spiro atoms. The van der Waals surface area contributed by atoms with E-state index in [0.29, 0.717) is 13.2 Å². The number of fused-ring (bicyclic) bond motifs is 3. The van der Waals surface area contributed by atoms with Crippen molar-refractivity contribution in [3.05, 3.63) is 76.5 Å². The van der Waals surface area contributed by atoms with Gasteiger partial charge in [0.05, 0.1) is 6.04 Å². The lowest BCUT2D eigenvalue weighted by atomic mass is 9.85. The van der Waals surface area contributed by atoms with Crippen LogP contribution in [0.5, 0.6) is 0 Å². The minimum Gasteiger partial charge on any atom is -0.478 e. The van der Waals surface area contributed by atoms with Crippen molar-refractivity contribution in [2.45, 2.75) is 50.7 Å². The molecule has 2 aliphatic heterocycles. The average molecular weight is 467 g/mol. The first-order valence-electron chi connectivity index (χ1n) is 11.8. The number of carbonyl (C=O) groups is 1. The molecule has 2 N–H and O–H groups in total. The van der Waals surface area contributed by atoms with Gasteiger partial charge in [0.1, 0.15) is 11.6 Å². The highest BCUT2D eigenvalue weighted by Gasteiger charge is 2.41. The molecule has 7 heteroatoms. The van der Waals surface area contributed by atoms with Crippen LogP contribution < -0.4 is 0 Å². The Bertz CT molecular complexity index is 1220. The molecule has 2 aromatic carbocycles. The number of halogens is 2. The van der Waals surface area contributed by atoms with E-state index in [-0.39, 0.29) is 23.2 Å². The summed E-state index contributed by atoms with van der Waals surface area (Å²) >= 11 is 0. The number of benzene rings is 2. The number of carboxylic acids is 1. The van der Waals surface area contributed by atoms with Crippen molar-refractivity contribution in [2.24, 2.45) is 0 Å². The molecule has 34 heavy (non-hydrogen) atoms. The lowest BCUT2D eigenvalue weighted by Crippen LogP contribution is -2.49. The molecular weight excluding hydrogens is 438 g/mol. The first-order chi connectivity index (χ1) is 16.4.